The van der Waals surface area contributed by atoms with Crippen LogP contribution in [0.4, 0.5) is 0 Å². The first-order valence-corrected chi connectivity index (χ1v) is 8.05. The number of halogens is 1. The molecule has 0 bridgehead atoms. The van der Waals surface area contributed by atoms with Crippen molar-refractivity contribution in [2.24, 2.45) is 5.92 Å². The largest absolute Gasteiger partial charge is 0.326 e. The van der Waals surface area contributed by atoms with Gasteiger partial charge in [-0.05, 0) is 51.3 Å². The summed E-state index contributed by atoms with van der Waals surface area (Å²) in [5.41, 5.74) is 1.61. The number of H-pyrrole nitrogens is 1. The summed E-state index contributed by atoms with van der Waals surface area (Å²) in [5, 5.41) is 0.607. The molecule has 1 aromatic carbocycles. The third-order valence-corrected chi connectivity index (χ3v) is 4.80. The summed E-state index contributed by atoms with van der Waals surface area (Å²) in [4.78, 5) is 17.6. The van der Waals surface area contributed by atoms with E-state index in [0.717, 1.165) is 24.1 Å². The fraction of sp³-hybridized carbons (Fsp3) is 0.562. The number of hydrogen-bond acceptors (Lipinski definition) is 2. The molecule has 0 radical (unpaired) electrons. The number of nitrogens with zero attached hydrogens (tertiary/aromatic N) is 2. The maximum Gasteiger partial charge on any atom is 0.326 e. The first kappa shape index (κ1) is 14.7. The van der Waals surface area contributed by atoms with Gasteiger partial charge in [-0.3, -0.25) is 4.57 Å². The summed E-state index contributed by atoms with van der Waals surface area (Å²) in [5.74, 6) is 0.525. The molecule has 21 heavy (non-hydrogen) atoms. The first-order valence-electron chi connectivity index (χ1n) is 7.67. The van der Waals surface area contributed by atoms with E-state index < -0.39 is 0 Å². The smallest absolute Gasteiger partial charge is 0.304 e. The van der Waals surface area contributed by atoms with E-state index in [2.05, 4.69) is 23.7 Å². The highest BCUT2D eigenvalue weighted by Crippen LogP contribution is 2.23. The Morgan fingerprint density at radius 1 is 1.43 bits per heavy atom. The summed E-state index contributed by atoms with van der Waals surface area (Å²) in [6.07, 6.45) is 2.39. The van der Waals surface area contributed by atoms with E-state index in [0.29, 0.717) is 17.0 Å². The molecule has 114 valence electrons. The van der Waals surface area contributed by atoms with Crippen LogP contribution in [-0.2, 0) is 6.54 Å². The predicted octanol–water partition coefficient (Wildman–Crippen LogP) is 3.10. The number of benzene rings is 1. The van der Waals surface area contributed by atoms with Crippen LogP contribution in [0.5, 0.6) is 0 Å². The van der Waals surface area contributed by atoms with Gasteiger partial charge in [0.05, 0.1) is 16.1 Å². The Labute approximate surface area is 129 Å². The van der Waals surface area contributed by atoms with Crippen molar-refractivity contribution < 1.29 is 0 Å². The molecule has 3 rings (SSSR count). The lowest BCUT2D eigenvalue weighted by Crippen LogP contribution is -2.41. The highest BCUT2D eigenvalue weighted by atomic mass is 35.5. The monoisotopic (exact) mass is 307 g/mol. The van der Waals surface area contributed by atoms with Gasteiger partial charge in [-0.1, -0.05) is 17.7 Å². The van der Waals surface area contributed by atoms with Crippen LogP contribution in [0.1, 0.15) is 26.7 Å². The van der Waals surface area contributed by atoms with Crippen molar-refractivity contribution in [3.8, 4) is 0 Å². The van der Waals surface area contributed by atoms with Gasteiger partial charge in [-0.25, -0.2) is 4.79 Å². The minimum Gasteiger partial charge on any atom is -0.304 e. The van der Waals surface area contributed by atoms with Crippen molar-refractivity contribution in [3.05, 3.63) is 33.7 Å². The summed E-state index contributed by atoms with van der Waals surface area (Å²) in [7, 11) is 0. The minimum absolute atomic E-state index is 0.0558. The average molecular weight is 308 g/mol. The number of rotatable bonds is 3. The molecule has 5 heteroatoms. The fourth-order valence-electron chi connectivity index (χ4n) is 3.30. The number of imidazole rings is 1. The van der Waals surface area contributed by atoms with Crippen LogP contribution >= 0.6 is 11.6 Å². The lowest BCUT2D eigenvalue weighted by Gasteiger charge is -2.35. The molecule has 1 aliphatic rings. The summed E-state index contributed by atoms with van der Waals surface area (Å²) >= 11 is 6.16. The van der Waals surface area contributed by atoms with Crippen LogP contribution in [0.3, 0.4) is 0 Å². The zero-order valence-electron chi connectivity index (χ0n) is 12.6. The molecule has 1 unspecified atom stereocenters. The molecule has 4 nitrogen and oxygen atoms in total. The Bertz CT molecular complexity index is 688. The van der Waals surface area contributed by atoms with Crippen molar-refractivity contribution in [2.45, 2.75) is 39.3 Å². The third-order valence-electron chi connectivity index (χ3n) is 4.48. The Hall–Kier alpha value is -1.26. The molecule has 2 aromatic rings. The molecule has 1 aromatic heterocycles. The van der Waals surface area contributed by atoms with Crippen molar-refractivity contribution in [1.29, 1.82) is 0 Å². The first-order chi connectivity index (χ1) is 10.1. The van der Waals surface area contributed by atoms with Gasteiger partial charge in [-0.15, -0.1) is 0 Å². The average Bonchev–Trinajstić information content (AvgIpc) is 2.78. The molecule has 1 saturated heterocycles. The lowest BCUT2D eigenvalue weighted by atomic mass is 9.97. The van der Waals surface area contributed by atoms with Crippen LogP contribution in [0.25, 0.3) is 11.0 Å². The Morgan fingerprint density at radius 2 is 2.24 bits per heavy atom. The maximum absolute atomic E-state index is 12.2. The van der Waals surface area contributed by atoms with Gasteiger partial charge in [0.15, 0.2) is 0 Å². The molecule has 1 N–H and O–H groups in total. The van der Waals surface area contributed by atoms with Gasteiger partial charge in [-0.2, -0.15) is 0 Å². The summed E-state index contributed by atoms with van der Waals surface area (Å²) in [6.45, 7) is 7.47. The summed E-state index contributed by atoms with van der Waals surface area (Å²) in [6, 6.07) is 6.24. The van der Waals surface area contributed by atoms with Crippen molar-refractivity contribution >= 4 is 22.6 Å². The SMILES string of the molecule is CC(C)N1CCCC(Cn2c(=O)[nH]c3c(Cl)cccc32)C1. The Morgan fingerprint density at radius 3 is 3.00 bits per heavy atom. The molecular weight excluding hydrogens is 286 g/mol. The Balaban J connectivity index is 1.87. The van der Waals surface area contributed by atoms with E-state index in [4.69, 9.17) is 11.6 Å². The van der Waals surface area contributed by atoms with Crippen LogP contribution in [0, 0.1) is 5.92 Å². The van der Waals surface area contributed by atoms with Gasteiger partial charge in [0.1, 0.15) is 0 Å². The molecule has 0 amide bonds. The number of nitrogens with one attached hydrogen (secondary N) is 1. The topological polar surface area (TPSA) is 41.0 Å². The van der Waals surface area contributed by atoms with Gasteiger partial charge in [0, 0.05) is 19.1 Å². The number of piperidine rings is 1. The number of para-hydroxylation sites is 1. The Kier molecular flexibility index (Phi) is 4.09. The number of aromatic nitrogens is 2. The van der Waals surface area contributed by atoms with E-state index >= 15 is 0 Å². The standard InChI is InChI=1S/C16H22ClN3O/c1-11(2)19-8-4-5-12(9-19)10-20-14-7-3-6-13(17)15(14)18-16(20)21/h3,6-7,11-12H,4-5,8-10H2,1-2H3,(H,18,21). The number of aromatic amines is 1. The van der Waals surface area contributed by atoms with E-state index in [-0.39, 0.29) is 5.69 Å². The number of likely N-dealkylation sites (tertiary alicyclic amines) is 1. The van der Waals surface area contributed by atoms with Crippen LogP contribution < -0.4 is 5.69 Å². The van der Waals surface area contributed by atoms with Gasteiger partial charge >= 0.3 is 5.69 Å². The third kappa shape index (κ3) is 2.87. The molecule has 0 aliphatic carbocycles. The quantitative estimate of drug-likeness (QED) is 0.946. The predicted molar refractivity (Wildman–Crippen MR) is 87.0 cm³/mol. The second kappa shape index (κ2) is 5.85. The minimum atomic E-state index is -0.0558. The van der Waals surface area contributed by atoms with E-state index in [9.17, 15) is 4.79 Å². The second-order valence-corrected chi connectivity index (χ2v) is 6.68. The van der Waals surface area contributed by atoms with Crippen LogP contribution in [0.2, 0.25) is 5.02 Å². The molecule has 1 atom stereocenters. The summed E-state index contributed by atoms with van der Waals surface area (Å²) < 4.78 is 1.84. The fourth-order valence-corrected chi connectivity index (χ4v) is 3.52. The van der Waals surface area contributed by atoms with Crippen molar-refractivity contribution in [2.75, 3.05) is 13.1 Å². The second-order valence-electron chi connectivity index (χ2n) is 6.27. The number of hydrogen-bond donors (Lipinski definition) is 1. The molecule has 1 fully saturated rings. The highest BCUT2D eigenvalue weighted by molar-refractivity contribution is 6.34. The molecule has 2 heterocycles. The maximum atomic E-state index is 12.2. The molecule has 0 saturated carbocycles. The van der Waals surface area contributed by atoms with E-state index in [1.807, 2.05) is 22.8 Å². The van der Waals surface area contributed by atoms with Crippen molar-refractivity contribution in [3.63, 3.8) is 0 Å². The van der Waals surface area contributed by atoms with E-state index in [1.165, 1.54) is 19.4 Å². The molecule has 0 spiro atoms. The number of fused-ring (bicyclic) bond motifs is 1. The lowest BCUT2D eigenvalue weighted by molar-refractivity contribution is 0.131. The molecular formula is C16H22ClN3O. The van der Waals surface area contributed by atoms with Crippen LogP contribution in [-0.4, -0.2) is 33.6 Å². The van der Waals surface area contributed by atoms with Gasteiger partial charge < -0.3 is 9.88 Å². The van der Waals surface area contributed by atoms with E-state index in [1.54, 1.807) is 0 Å². The van der Waals surface area contributed by atoms with Crippen molar-refractivity contribution in [1.82, 2.24) is 14.5 Å². The highest BCUT2D eigenvalue weighted by Gasteiger charge is 2.23. The zero-order valence-corrected chi connectivity index (χ0v) is 13.4. The molecule has 1 aliphatic heterocycles. The van der Waals surface area contributed by atoms with Crippen LogP contribution in [0.15, 0.2) is 23.0 Å². The van der Waals surface area contributed by atoms with Gasteiger partial charge in [0.25, 0.3) is 0 Å². The normalized spacial score (nSPS) is 20.5. The zero-order chi connectivity index (χ0) is 15.0. The van der Waals surface area contributed by atoms with Gasteiger partial charge in [0.2, 0.25) is 0 Å².